The number of benzene rings is 7. The molecule has 2 aliphatic rings. The van der Waals surface area contributed by atoms with Crippen LogP contribution in [0, 0.1) is 0 Å². The lowest BCUT2D eigenvalue weighted by molar-refractivity contribution is 0.684. The van der Waals surface area contributed by atoms with Gasteiger partial charge in [-0.3, -0.25) is 0 Å². The van der Waals surface area contributed by atoms with Crippen molar-refractivity contribution in [2.24, 2.45) is 0 Å². The van der Waals surface area contributed by atoms with Gasteiger partial charge in [-0.2, -0.15) is 0 Å². The summed E-state index contributed by atoms with van der Waals surface area (Å²) in [5.41, 5.74) is 11.5. The van der Waals surface area contributed by atoms with Crippen molar-refractivity contribution < 1.29 is 0 Å². The molecule has 8 aromatic rings. The number of nitrogens with zero attached hydrogens (tertiary/aromatic N) is 1. The summed E-state index contributed by atoms with van der Waals surface area (Å²) < 4.78 is 2.54. The second-order valence-corrected chi connectivity index (χ2v) is 20.9. The third-order valence-electron chi connectivity index (χ3n) is 11.1. The van der Waals surface area contributed by atoms with Crippen molar-refractivity contribution in [1.82, 2.24) is 4.57 Å². The number of para-hydroxylation sites is 3. The molecule has 1 spiro atoms. The van der Waals surface area contributed by atoms with Gasteiger partial charge in [0.1, 0.15) is 0 Å². The van der Waals surface area contributed by atoms with E-state index in [4.69, 9.17) is 0 Å². The Kier molecular flexibility index (Phi) is 4.90. The summed E-state index contributed by atoms with van der Waals surface area (Å²) in [6, 6.07) is 57.5. The first-order valence-corrected chi connectivity index (χ1v) is 19.8. The molecule has 1 nitrogen and oxygen atoms in total. The highest BCUT2D eigenvalue weighted by Gasteiger charge is 2.54. The Morgan fingerprint density at radius 2 is 1.11 bits per heavy atom. The zero-order chi connectivity index (χ0) is 30.9. The third-order valence-corrected chi connectivity index (χ3v) is 15.3. The van der Waals surface area contributed by atoms with Gasteiger partial charge in [0.25, 0.3) is 0 Å². The summed E-state index contributed by atoms with van der Waals surface area (Å²) in [5, 5.41) is 5.19. The van der Waals surface area contributed by atoms with Crippen LogP contribution < -0.4 is 0 Å². The average Bonchev–Trinajstić information content (AvgIpc) is 3.43. The van der Waals surface area contributed by atoms with Gasteiger partial charge >= 0.3 is 0 Å². The van der Waals surface area contributed by atoms with E-state index in [2.05, 4.69) is 175 Å². The molecule has 10 rings (SSSR count). The van der Waals surface area contributed by atoms with Crippen LogP contribution in [-0.2, 0) is 5.41 Å². The van der Waals surface area contributed by atoms with E-state index in [1.807, 2.05) is 0 Å². The van der Waals surface area contributed by atoms with Crippen molar-refractivity contribution in [3.05, 3.63) is 174 Å². The largest absolute Gasteiger partial charge is 0.309 e. The number of rotatable bonds is 1. The van der Waals surface area contributed by atoms with Crippen LogP contribution in [0.2, 0.25) is 0 Å². The van der Waals surface area contributed by atoms with E-state index in [1.54, 1.807) is 0 Å². The monoisotopic (exact) mass is 609 g/mol. The maximum absolute atomic E-state index is 2.57. The first-order valence-electron chi connectivity index (χ1n) is 16.2. The fraction of sp³-hybridized carbons (Fsp3) is 0.0909. The van der Waals surface area contributed by atoms with Gasteiger partial charge in [0.15, 0.2) is 0 Å². The lowest BCUT2D eigenvalue weighted by atomic mass is 9.62. The number of thiol groups is 1. The van der Waals surface area contributed by atoms with Crippen molar-refractivity contribution in [2.45, 2.75) is 15.2 Å². The zero-order valence-corrected chi connectivity index (χ0v) is 27.2. The predicted octanol–water partition coefficient (Wildman–Crippen LogP) is 11.0. The second-order valence-electron chi connectivity index (χ2n) is 14.4. The van der Waals surface area contributed by atoms with Crippen molar-refractivity contribution in [3.8, 4) is 16.8 Å². The molecule has 0 N–H and O–H groups in total. The maximum atomic E-state index is 2.57. The summed E-state index contributed by atoms with van der Waals surface area (Å²) in [6.07, 6.45) is 7.67. The molecule has 222 valence electrons. The Bertz CT molecular complexity index is 2590. The van der Waals surface area contributed by atoms with E-state index in [0.29, 0.717) is 0 Å². The highest BCUT2D eigenvalue weighted by atomic mass is 32.3. The summed E-state index contributed by atoms with van der Waals surface area (Å²) >= 11 is 0. The van der Waals surface area contributed by atoms with Crippen LogP contribution in [0.4, 0.5) is 0 Å². The minimum Gasteiger partial charge on any atom is -0.309 e. The Balaban J connectivity index is 1.44. The second kappa shape index (κ2) is 8.60. The van der Waals surface area contributed by atoms with Gasteiger partial charge in [-0.05, 0) is 90.9 Å². The molecule has 1 aromatic heterocycles. The zero-order valence-electron chi connectivity index (χ0n) is 26.3. The third kappa shape index (κ3) is 3.04. The van der Waals surface area contributed by atoms with E-state index in [0.717, 1.165) is 0 Å². The summed E-state index contributed by atoms with van der Waals surface area (Å²) in [5.74, 6) is 0. The van der Waals surface area contributed by atoms with Crippen LogP contribution in [0.5, 0.6) is 0 Å². The Hall–Kier alpha value is -5.05. The number of aromatic nitrogens is 1. The Morgan fingerprint density at radius 3 is 2.00 bits per heavy atom. The lowest BCUT2D eigenvalue weighted by Gasteiger charge is -2.61. The molecule has 0 fully saturated rings. The molecule has 2 heteroatoms. The van der Waals surface area contributed by atoms with Crippen LogP contribution in [0.1, 0.15) is 22.3 Å². The molecule has 1 unspecified atom stereocenters. The summed E-state index contributed by atoms with van der Waals surface area (Å²) in [4.78, 5) is 3.01. The molecule has 0 radical (unpaired) electrons. The quantitative estimate of drug-likeness (QED) is 0.177. The topological polar surface area (TPSA) is 4.93 Å². The van der Waals surface area contributed by atoms with Crippen LogP contribution in [-0.4, -0.2) is 23.3 Å². The fourth-order valence-corrected chi connectivity index (χ4v) is 12.8. The molecule has 0 amide bonds. The average molecular weight is 610 g/mol. The molecule has 46 heavy (non-hydrogen) atoms. The van der Waals surface area contributed by atoms with Crippen LogP contribution in [0.3, 0.4) is 0 Å². The molecular formula is C44H35NS. The highest BCUT2D eigenvalue weighted by molar-refractivity contribution is 8.48. The van der Waals surface area contributed by atoms with E-state index in [-0.39, 0.29) is 0 Å². The van der Waals surface area contributed by atoms with Crippen LogP contribution >= 0.6 is 9.16 Å². The lowest BCUT2D eigenvalue weighted by Crippen LogP contribution is -2.41. The minimum atomic E-state index is -2.56. The van der Waals surface area contributed by atoms with Gasteiger partial charge < -0.3 is 4.57 Å². The van der Waals surface area contributed by atoms with Crippen molar-refractivity contribution in [1.29, 1.82) is 0 Å². The van der Waals surface area contributed by atoms with Crippen LogP contribution in [0.15, 0.2) is 161 Å². The molecular weight excluding hydrogens is 575 g/mol. The Labute approximate surface area is 270 Å². The number of hydrogen-bond donors (Lipinski definition) is 1. The van der Waals surface area contributed by atoms with E-state index in [1.165, 1.54) is 81.4 Å². The van der Waals surface area contributed by atoms with Gasteiger partial charge in [0.2, 0.25) is 0 Å². The standard InChI is InChI=1S/C44H35NS/c1-46(2,3)41-25-11-8-21-36(41)44(38-28-30(26-27-42(38)46)32-18-12-15-29-14-4-5-16-31(29)32)35-20-7-10-24-40(35)45-39-23-9-6-17-33(39)34-19-13-22-37(44)43(34)45/h4-28,46H,1-3H3. The molecule has 2 aliphatic heterocycles. The van der Waals surface area contributed by atoms with Gasteiger partial charge in [-0.1, -0.05) is 133 Å². The normalized spacial score (nSPS) is 19.3. The molecule has 1 atom stereocenters. The molecule has 3 heterocycles. The molecule has 0 saturated heterocycles. The SMILES string of the molecule is C[SH]1(C)(C)c2ccccc2C2(c3ccccc3-n3c4ccccc4c4cccc2c43)c2cc(-c3cccc4ccccc34)ccc21. The molecule has 0 saturated carbocycles. The number of fused-ring (bicyclic) bond motifs is 12. The maximum Gasteiger partial charge on any atom is 0.0762 e. The molecule has 7 aromatic carbocycles. The van der Waals surface area contributed by atoms with E-state index >= 15 is 0 Å². The van der Waals surface area contributed by atoms with Gasteiger partial charge in [-0.25, -0.2) is 9.16 Å². The smallest absolute Gasteiger partial charge is 0.0762 e. The number of hydrogen-bond acceptors (Lipinski definition) is 0. The minimum absolute atomic E-state index is 0.476. The van der Waals surface area contributed by atoms with Crippen molar-refractivity contribution >= 4 is 41.7 Å². The molecule has 0 bridgehead atoms. The highest BCUT2D eigenvalue weighted by Crippen LogP contribution is 2.80. The predicted molar refractivity (Wildman–Crippen MR) is 199 cm³/mol. The fourth-order valence-electron chi connectivity index (χ4n) is 9.19. The molecule has 0 aliphatic carbocycles. The van der Waals surface area contributed by atoms with E-state index < -0.39 is 14.6 Å². The van der Waals surface area contributed by atoms with Gasteiger partial charge in [0.05, 0.1) is 22.1 Å². The summed E-state index contributed by atoms with van der Waals surface area (Å²) in [7, 11) is -2.56. The van der Waals surface area contributed by atoms with Crippen molar-refractivity contribution in [2.75, 3.05) is 18.8 Å². The first kappa shape index (κ1) is 26.2. The van der Waals surface area contributed by atoms with E-state index in [9.17, 15) is 0 Å². The van der Waals surface area contributed by atoms with Gasteiger partial charge in [0, 0.05) is 10.8 Å². The Morgan fingerprint density at radius 1 is 0.478 bits per heavy atom. The first-order chi connectivity index (χ1) is 22.4. The summed E-state index contributed by atoms with van der Waals surface area (Å²) in [6.45, 7) is 0. The van der Waals surface area contributed by atoms with Crippen molar-refractivity contribution in [3.63, 3.8) is 0 Å². The van der Waals surface area contributed by atoms with Gasteiger partial charge in [-0.15, -0.1) is 0 Å². The van der Waals surface area contributed by atoms with Crippen LogP contribution in [0.25, 0.3) is 49.4 Å².